The smallest absolute Gasteiger partial charge is 0.317 e. The number of nitrogens with one attached hydrogen (secondary N) is 1. The standard InChI is InChI=1S/C19H26N4O/c1-14-5-4-6-17(7-14)8-18-12-22(13-18)19(24)21-16(3)11-23-10-15(2)9-20-23/h4-7,9-10,16,18H,8,11-13H2,1-3H3,(H,21,24). The van der Waals surface area contributed by atoms with Gasteiger partial charge in [-0.15, -0.1) is 0 Å². The molecule has 0 saturated carbocycles. The van der Waals surface area contributed by atoms with E-state index in [2.05, 4.69) is 41.6 Å². The highest BCUT2D eigenvalue weighted by Gasteiger charge is 2.31. The second-order valence-corrected chi connectivity index (χ2v) is 7.05. The first-order chi connectivity index (χ1) is 11.5. The van der Waals surface area contributed by atoms with Crippen LogP contribution in [0.25, 0.3) is 0 Å². The van der Waals surface area contributed by atoms with Gasteiger partial charge in [0.1, 0.15) is 0 Å². The molecule has 0 bridgehead atoms. The first-order valence-electron chi connectivity index (χ1n) is 8.59. The molecule has 1 N–H and O–H groups in total. The third-order valence-electron chi connectivity index (χ3n) is 4.44. The molecule has 1 aliphatic heterocycles. The minimum absolute atomic E-state index is 0.0341. The summed E-state index contributed by atoms with van der Waals surface area (Å²) in [4.78, 5) is 14.2. The molecule has 1 atom stereocenters. The molecule has 1 aromatic heterocycles. The van der Waals surface area contributed by atoms with Gasteiger partial charge in [-0.1, -0.05) is 29.8 Å². The first-order valence-corrected chi connectivity index (χ1v) is 8.59. The van der Waals surface area contributed by atoms with Crippen molar-refractivity contribution in [2.45, 2.75) is 39.8 Å². The number of urea groups is 1. The van der Waals surface area contributed by atoms with E-state index in [9.17, 15) is 4.79 Å². The second kappa shape index (κ2) is 7.07. The molecule has 24 heavy (non-hydrogen) atoms. The number of aryl methyl sites for hydroxylation is 2. The third kappa shape index (κ3) is 4.16. The summed E-state index contributed by atoms with van der Waals surface area (Å²) in [5, 5.41) is 7.32. The summed E-state index contributed by atoms with van der Waals surface area (Å²) in [6.45, 7) is 8.52. The Labute approximate surface area is 143 Å². The van der Waals surface area contributed by atoms with Crippen molar-refractivity contribution < 1.29 is 4.79 Å². The SMILES string of the molecule is Cc1cccc(CC2CN(C(=O)NC(C)Cn3cc(C)cn3)C2)c1. The zero-order valence-corrected chi connectivity index (χ0v) is 14.7. The number of nitrogens with zero attached hydrogens (tertiary/aromatic N) is 3. The van der Waals surface area contributed by atoms with Gasteiger partial charge in [-0.05, 0) is 44.2 Å². The molecular formula is C19H26N4O. The van der Waals surface area contributed by atoms with Crippen LogP contribution in [0.15, 0.2) is 36.7 Å². The topological polar surface area (TPSA) is 50.2 Å². The van der Waals surface area contributed by atoms with E-state index in [4.69, 9.17) is 0 Å². The van der Waals surface area contributed by atoms with Gasteiger partial charge in [0.2, 0.25) is 0 Å². The number of rotatable bonds is 5. The minimum Gasteiger partial charge on any atom is -0.334 e. The summed E-state index contributed by atoms with van der Waals surface area (Å²) in [5.41, 5.74) is 3.79. The largest absolute Gasteiger partial charge is 0.334 e. The maximum absolute atomic E-state index is 12.3. The molecule has 0 spiro atoms. The van der Waals surface area contributed by atoms with Crippen LogP contribution in [0.4, 0.5) is 4.79 Å². The van der Waals surface area contributed by atoms with E-state index >= 15 is 0 Å². The maximum atomic E-state index is 12.3. The zero-order chi connectivity index (χ0) is 17.1. The number of hydrogen-bond acceptors (Lipinski definition) is 2. The van der Waals surface area contributed by atoms with Crippen molar-refractivity contribution >= 4 is 6.03 Å². The predicted octanol–water partition coefficient (Wildman–Crippen LogP) is 2.77. The van der Waals surface area contributed by atoms with Gasteiger partial charge >= 0.3 is 6.03 Å². The first kappa shape index (κ1) is 16.6. The van der Waals surface area contributed by atoms with E-state index < -0.39 is 0 Å². The summed E-state index contributed by atoms with van der Waals surface area (Å²) in [7, 11) is 0. The second-order valence-electron chi connectivity index (χ2n) is 7.05. The van der Waals surface area contributed by atoms with Gasteiger partial charge in [-0.3, -0.25) is 4.68 Å². The third-order valence-corrected chi connectivity index (χ3v) is 4.44. The van der Waals surface area contributed by atoms with Crippen LogP contribution in [0.3, 0.4) is 0 Å². The van der Waals surface area contributed by atoms with Crippen molar-refractivity contribution in [1.82, 2.24) is 20.0 Å². The molecule has 2 amide bonds. The average Bonchev–Trinajstić information content (AvgIpc) is 2.87. The lowest BCUT2D eigenvalue weighted by Gasteiger charge is -2.40. The molecule has 3 rings (SSSR count). The Bertz CT molecular complexity index is 703. The zero-order valence-electron chi connectivity index (χ0n) is 14.7. The molecule has 0 aliphatic carbocycles. The van der Waals surface area contributed by atoms with Crippen molar-refractivity contribution in [3.05, 3.63) is 53.3 Å². The van der Waals surface area contributed by atoms with Gasteiger partial charge in [0.15, 0.2) is 0 Å². The van der Waals surface area contributed by atoms with E-state index in [1.807, 2.05) is 35.8 Å². The molecule has 1 unspecified atom stereocenters. The Kier molecular flexibility index (Phi) is 4.88. The molecule has 1 aromatic carbocycles. The molecule has 5 heteroatoms. The van der Waals surface area contributed by atoms with Crippen LogP contribution < -0.4 is 5.32 Å². The number of benzene rings is 1. The number of carbonyl (C=O) groups is 1. The lowest BCUT2D eigenvalue weighted by molar-refractivity contribution is 0.118. The molecule has 2 aromatic rings. The summed E-state index contributed by atoms with van der Waals surface area (Å²) in [6, 6.07) is 8.72. The van der Waals surface area contributed by atoms with E-state index in [1.165, 1.54) is 11.1 Å². The van der Waals surface area contributed by atoms with Gasteiger partial charge in [0.05, 0.1) is 12.7 Å². The van der Waals surface area contributed by atoms with E-state index in [0.29, 0.717) is 12.5 Å². The molecule has 1 saturated heterocycles. The predicted molar refractivity (Wildman–Crippen MR) is 94.9 cm³/mol. The van der Waals surface area contributed by atoms with Crippen molar-refractivity contribution in [3.63, 3.8) is 0 Å². The lowest BCUT2D eigenvalue weighted by atomic mass is 9.92. The molecule has 1 aliphatic rings. The number of hydrogen-bond donors (Lipinski definition) is 1. The van der Waals surface area contributed by atoms with Crippen molar-refractivity contribution in [3.8, 4) is 0 Å². The van der Waals surface area contributed by atoms with Crippen LogP contribution >= 0.6 is 0 Å². The molecule has 1 fully saturated rings. The Morgan fingerprint density at radius 3 is 2.79 bits per heavy atom. The van der Waals surface area contributed by atoms with Crippen LogP contribution in [0, 0.1) is 19.8 Å². The van der Waals surface area contributed by atoms with Crippen LogP contribution in [0.2, 0.25) is 0 Å². The summed E-state index contributed by atoms with van der Waals surface area (Å²) < 4.78 is 1.87. The summed E-state index contributed by atoms with van der Waals surface area (Å²) in [6.07, 6.45) is 4.87. The average molecular weight is 326 g/mol. The van der Waals surface area contributed by atoms with E-state index in [0.717, 1.165) is 25.1 Å². The summed E-state index contributed by atoms with van der Waals surface area (Å²) >= 11 is 0. The molecule has 128 valence electrons. The van der Waals surface area contributed by atoms with Crippen molar-refractivity contribution in [1.29, 1.82) is 0 Å². The van der Waals surface area contributed by atoms with Gasteiger partial charge in [0, 0.05) is 25.3 Å². The quantitative estimate of drug-likeness (QED) is 0.918. The van der Waals surface area contributed by atoms with Gasteiger partial charge in [-0.2, -0.15) is 5.10 Å². The van der Waals surface area contributed by atoms with Gasteiger partial charge in [0.25, 0.3) is 0 Å². The summed E-state index contributed by atoms with van der Waals surface area (Å²) in [5.74, 6) is 0.571. The van der Waals surface area contributed by atoms with Gasteiger partial charge in [-0.25, -0.2) is 4.79 Å². The van der Waals surface area contributed by atoms with Crippen LogP contribution in [0.5, 0.6) is 0 Å². The number of carbonyl (C=O) groups excluding carboxylic acids is 1. The lowest BCUT2D eigenvalue weighted by Crippen LogP contribution is -2.56. The Hall–Kier alpha value is -2.30. The number of aromatic nitrogens is 2. The number of likely N-dealkylation sites (tertiary alicyclic amines) is 1. The monoisotopic (exact) mass is 326 g/mol. The highest BCUT2D eigenvalue weighted by Crippen LogP contribution is 2.21. The highest BCUT2D eigenvalue weighted by atomic mass is 16.2. The fourth-order valence-electron chi connectivity index (χ4n) is 3.23. The maximum Gasteiger partial charge on any atom is 0.317 e. The molecule has 2 heterocycles. The van der Waals surface area contributed by atoms with Crippen LogP contribution in [0.1, 0.15) is 23.6 Å². The Morgan fingerprint density at radius 1 is 1.33 bits per heavy atom. The fourth-order valence-corrected chi connectivity index (χ4v) is 3.23. The van der Waals surface area contributed by atoms with Crippen LogP contribution in [-0.2, 0) is 13.0 Å². The van der Waals surface area contributed by atoms with E-state index in [1.54, 1.807) is 0 Å². The highest BCUT2D eigenvalue weighted by molar-refractivity contribution is 5.75. The fraction of sp³-hybridized carbons (Fsp3) is 0.474. The van der Waals surface area contributed by atoms with Crippen molar-refractivity contribution in [2.24, 2.45) is 5.92 Å². The Morgan fingerprint density at radius 2 is 2.12 bits per heavy atom. The Balaban J connectivity index is 1.41. The normalized spacial score (nSPS) is 15.9. The molecular weight excluding hydrogens is 300 g/mol. The minimum atomic E-state index is 0.0341. The van der Waals surface area contributed by atoms with Gasteiger partial charge < -0.3 is 10.2 Å². The van der Waals surface area contributed by atoms with Crippen molar-refractivity contribution in [2.75, 3.05) is 13.1 Å². The van der Waals surface area contributed by atoms with Crippen LogP contribution in [-0.4, -0.2) is 39.8 Å². The number of amides is 2. The molecule has 5 nitrogen and oxygen atoms in total. The molecule has 0 radical (unpaired) electrons. The van der Waals surface area contributed by atoms with E-state index in [-0.39, 0.29) is 12.1 Å².